The van der Waals surface area contributed by atoms with Crippen LogP contribution in [0.2, 0.25) is 0 Å². The molecule has 2 aliphatic rings. The maximum Gasteiger partial charge on any atom is 0.0553 e. The molecule has 2 heteroatoms. The average Bonchev–Trinajstić information content (AvgIpc) is 3.04. The third-order valence-electron chi connectivity index (χ3n) is 5.06. The first-order valence-electron chi connectivity index (χ1n) is 8.07. The van der Waals surface area contributed by atoms with E-state index in [1.165, 1.54) is 22.4 Å². The Kier molecular flexibility index (Phi) is 3.57. The Balaban J connectivity index is 1.76. The minimum Gasteiger partial charge on any atom is -0.378 e. The molecular weight excluding hydrogens is 334 g/mol. The molecule has 0 unspecified atom stereocenters. The standard InChI is InChI=1S/C20H20BrN/c1-2-13-6-11-19-18(12-13)16-4-3-5-17(16)20(22-19)14-7-9-15(21)10-8-14/h3-4,6-12,16-17,20,22H,2,5H2,1H3/t16-,17-,20+/m1/s1. The highest BCUT2D eigenvalue weighted by molar-refractivity contribution is 9.10. The number of rotatable bonds is 2. The minimum absolute atomic E-state index is 0.396. The summed E-state index contributed by atoms with van der Waals surface area (Å²) in [4.78, 5) is 0. The van der Waals surface area contributed by atoms with Crippen molar-refractivity contribution < 1.29 is 0 Å². The van der Waals surface area contributed by atoms with Gasteiger partial charge in [0, 0.05) is 16.1 Å². The number of aryl methyl sites for hydroxylation is 1. The van der Waals surface area contributed by atoms with Gasteiger partial charge in [-0.2, -0.15) is 0 Å². The fourth-order valence-corrected chi connectivity index (χ4v) is 4.13. The molecule has 0 fully saturated rings. The third kappa shape index (κ3) is 2.30. The van der Waals surface area contributed by atoms with Gasteiger partial charge in [0.1, 0.15) is 0 Å². The largest absolute Gasteiger partial charge is 0.378 e. The van der Waals surface area contributed by atoms with Gasteiger partial charge in [0.15, 0.2) is 0 Å². The fraction of sp³-hybridized carbons (Fsp3) is 0.300. The van der Waals surface area contributed by atoms with E-state index in [0.29, 0.717) is 17.9 Å². The number of hydrogen-bond acceptors (Lipinski definition) is 1. The molecule has 0 bridgehead atoms. The quantitative estimate of drug-likeness (QED) is 0.668. The SMILES string of the molecule is CCc1ccc2c(c1)[C@@H]1C=CC[C@H]1[C@H](c1ccc(Br)cc1)N2. The molecule has 0 radical (unpaired) electrons. The zero-order valence-electron chi connectivity index (χ0n) is 12.7. The summed E-state index contributed by atoms with van der Waals surface area (Å²) in [5.41, 5.74) is 5.60. The van der Waals surface area contributed by atoms with Gasteiger partial charge in [0.2, 0.25) is 0 Å². The van der Waals surface area contributed by atoms with Crippen LogP contribution in [0.5, 0.6) is 0 Å². The first-order chi connectivity index (χ1) is 10.8. The number of benzene rings is 2. The number of anilines is 1. The van der Waals surface area contributed by atoms with Crippen LogP contribution in [0.25, 0.3) is 0 Å². The van der Waals surface area contributed by atoms with Crippen LogP contribution in [0, 0.1) is 5.92 Å². The summed E-state index contributed by atoms with van der Waals surface area (Å²) in [6, 6.07) is 16.1. The van der Waals surface area contributed by atoms with Crippen molar-refractivity contribution in [2.24, 2.45) is 5.92 Å². The highest BCUT2D eigenvalue weighted by Gasteiger charge is 2.37. The van der Waals surface area contributed by atoms with Crippen LogP contribution in [-0.2, 0) is 6.42 Å². The zero-order valence-corrected chi connectivity index (χ0v) is 14.3. The molecule has 1 nitrogen and oxygen atoms in total. The maximum absolute atomic E-state index is 3.80. The molecule has 0 aromatic heterocycles. The monoisotopic (exact) mass is 353 g/mol. The lowest BCUT2D eigenvalue weighted by Gasteiger charge is -2.37. The first kappa shape index (κ1) is 14.1. The van der Waals surface area contributed by atoms with Crippen LogP contribution in [0.15, 0.2) is 59.1 Å². The molecule has 22 heavy (non-hydrogen) atoms. The van der Waals surface area contributed by atoms with Crippen LogP contribution < -0.4 is 5.32 Å². The van der Waals surface area contributed by atoms with E-state index in [0.717, 1.165) is 17.3 Å². The van der Waals surface area contributed by atoms with E-state index in [-0.39, 0.29) is 0 Å². The Hall–Kier alpha value is -1.54. The van der Waals surface area contributed by atoms with Crippen molar-refractivity contribution in [1.29, 1.82) is 0 Å². The Labute approximate surface area is 140 Å². The lowest BCUT2D eigenvalue weighted by molar-refractivity contribution is 0.425. The van der Waals surface area contributed by atoms with Gasteiger partial charge in [-0.1, -0.05) is 59.3 Å². The summed E-state index contributed by atoms with van der Waals surface area (Å²) in [5.74, 6) is 1.18. The van der Waals surface area contributed by atoms with Gasteiger partial charge in [-0.15, -0.1) is 0 Å². The van der Waals surface area contributed by atoms with Gasteiger partial charge < -0.3 is 5.32 Å². The van der Waals surface area contributed by atoms with Crippen molar-refractivity contribution in [2.75, 3.05) is 5.32 Å². The van der Waals surface area contributed by atoms with Crippen LogP contribution >= 0.6 is 15.9 Å². The molecule has 1 N–H and O–H groups in total. The topological polar surface area (TPSA) is 12.0 Å². The average molecular weight is 354 g/mol. The summed E-state index contributed by atoms with van der Waals surface area (Å²) < 4.78 is 1.14. The number of hydrogen-bond donors (Lipinski definition) is 1. The van der Waals surface area contributed by atoms with Crippen molar-refractivity contribution in [1.82, 2.24) is 0 Å². The van der Waals surface area contributed by atoms with Crippen molar-refractivity contribution in [3.05, 3.63) is 75.8 Å². The molecule has 1 aliphatic carbocycles. The number of halogens is 1. The summed E-state index contributed by atoms with van der Waals surface area (Å²) in [6.07, 6.45) is 7.03. The van der Waals surface area contributed by atoms with E-state index in [2.05, 4.69) is 82.8 Å². The molecule has 112 valence electrons. The highest BCUT2D eigenvalue weighted by atomic mass is 79.9. The predicted octanol–water partition coefficient (Wildman–Crippen LogP) is 5.84. The second-order valence-electron chi connectivity index (χ2n) is 6.30. The second-order valence-corrected chi connectivity index (χ2v) is 7.22. The normalized spacial score (nSPS) is 25.5. The maximum atomic E-state index is 3.80. The van der Waals surface area contributed by atoms with Gasteiger partial charge in [-0.3, -0.25) is 0 Å². The van der Waals surface area contributed by atoms with Crippen LogP contribution in [0.3, 0.4) is 0 Å². The molecule has 0 spiro atoms. The number of fused-ring (bicyclic) bond motifs is 3. The summed E-state index contributed by atoms with van der Waals surface area (Å²) in [5, 5.41) is 3.80. The lowest BCUT2D eigenvalue weighted by Crippen LogP contribution is -2.29. The van der Waals surface area contributed by atoms with E-state index in [1.807, 2.05) is 0 Å². The van der Waals surface area contributed by atoms with E-state index in [9.17, 15) is 0 Å². The Morgan fingerprint density at radius 2 is 1.95 bits per heavy atom. The lowest BCUT2D eigenvalue weighted by atomic mass is 9.76. The number of allylic oxidation sites excluding steroid dienone is 2. The van der Waals surface area contributed by atoms with Crippen molar-refractivity contribution in [3.63, 3.8) is 0 Å². The van der Waals surface area contributed by atoms with E-state index in [1.54, 1.807) is 0 Å². The summed E-state index contributed by atoms with van der Waals surface area (Å²) >= 11 is 3.53. The predicted molar refractivity (Wildman–Crippen MR) is 96.3 cm³/mol. The molecule has 0 amide bonds. The zero-order chi connectivity index (χ0) is 15.1. The Morgan fingerprint density at radius 3 is 2.73 bits per heavy atom. The summed E-state index contributed by atoms with van der Waals surface area (Å²) in [6.45, 7) is 2.23. The first-order valence-corrected chi connectivity index (χ1v) is 8.87. The molecule has 1 heterocycles. The van der Waals surface area contributed by atoms with Crippen molar-refractivity contribution in [2.45, 2.75) is 31.7 Å². The number of nitrogens with one attached hydrogen (secondary N) is 1. The van der Waals surface area contributed by atoms with Gasteiger partial charge in [0.05, 0.1) is 6.04 Å². The molecule has 0 saturated heterocycles. The fourth-order valence-electron chi connectivity index (χ4n) is 3.86. The van der Waals surface area contributed by atoms with Crippen LogP contribution in [0.4, 0.5) is 5.69 Å². The molecule has 0 saturated carbocycles. The van der Waals surface area contributed by atoms with E-state index >= 15 is 0 Å². The van der Waals surface area contributed by atoms with Crippen molar-refractivity contribution >= 4 is 21.6 Å². The summed E-state index contributed by atoms with van der Waals surface area (Å²) in [7, 11) is 0. The highest BCUT2D eigenvalue weighted by Crippen LogP contribution is 2.49. The molecular formula is C20H20BrN. The van der Waals surface area contributed by atoms with Gasteiger partial charge >= 0.3 is 0 Å². The Bertz CT molecular complexity index is 717. The molecule has 2 aromatic carbocycles. The molecule has 2 aromatic rings. The Morgan fingerprint density at radius 1 is 1.14 bits per heavy atom. The molecule has 3 atom stereocenters. The third-order valence-corrected chi connectivity index (χ3v) is 5.59. The van der Waals surface area contributed by atoms with Crippen molar-refractivity contribution in [3.8, 4) is 0 Å². The second kappa shape index (κ2) is 5.58. The smallest absolute Gasteiger partial charge is 0.0553 e. The van der Waals surface area contributed by atoms with Gasteiger partial charge in [-0.25, -0.2) is 0 Å². The van der Waals surface area contributed by atoms with E-state index < -0.39 is 0 Å². The minimum atomic E-state index is 0.396. The molecule has 4 rings (SSSR count). The van der Waals surface area contributed by atoms with Gasteiger partial charge in [-0.05, 0) is 53.6 Å². The van der Waals surface area contributed by atoms with Gasteiger partial charge in [0.25, 0.3) is 0 Å². The molecule has 1 aliphatic heterocycles. The van der Waals surface area contributed by atoms with Crippen LogP contribution in [0.1, 0.15) is 42.0 Å². The van der Waals surface area contributed by atoms with E-state index in [4.69, 9.17) is 0 Å². The van der Waals surface area contributed by atoms with Crippen LogP contribution in [-0.4, -0.2) is 0 Å².